The summed E-state index contributed by atoms with van der Waals surface area (Å²) in [4.78, 5) is 12.3. The fraction of sp³-hybridized carbons (Fsp3) is 0.375. The predicted octanol–water partition coefficient (Wildman–Crippen LogP) is 3.07. The molecular formula is C16H19N3O. The molecule has 1 aliphatic rings. The minimum atomic E-state index is 0.205. The van der Waals surface area contributed by atoms with Gasteiger partial charge >= 0.3 is 0 Å². The largest absolute Gasteiger partial charge is 0.368 e. The van der Waals surface area contributed by atoms with Crippen LogP contribution < -0.4 is 5.32 Å². The standard InChI is InChI=1S/C16H19N3O/c1-3-17-16-15-13(9-11(2)10-14(15)20)19(18-16)12-7-5-4-6-8-12/h4-8,11H,3,9-10H2,1-2H3,(H,17,18)/t11-/m0/s1. The summed E-state index contributed by atoms with van der Waals surface area (Å²) >= 11 is 0. The number of para-hydroxylation sites is 1. The number of fused-ring (bicyclic) bond motifs is 1. The van der Waals surface area contributed by atoms with Crippen molar-refractivity contribution in [2.75, 3.05) is 11.9 Å². The molecule has 2 aromatic rings. The number of hydrogen-bond donors (Lipinski definition) is 1. The second kappa shape index (κ2) is 5.12. The number of hydrogen-bond acceptors (Lipinski definition) is 3. The van der Waals surface area contributed by atoms with Crippen LogP contribution in [0.25, 0.3) is 5.69 Å². The van der Waals surface area contributed by atoms with Gasteiger partial charge < -0.3 is 5.32 Å². The second-order valence-electron chi connectivity index (χ2n) is 5.38. The first-order valence-electron chi connectivity index (χ1n) is 7.15. The molecule has 3 rings (SSSR count). The number of rotatable bonds is 3. The molecule has 1 aliphatic carbocycles. The predicted molar refractivity (Wildman–Crippen MR) is 79.5 cm³/mol. The third-order valence-corrected chi connectivity index (χ3v) is 3.68. The number of anilines is 1. The van der Waals surface area contributed by atoms with Gasteiger partial charge in [-0.3, -0.25) is 4.79 Å². The van der Waals surface area contributed by atoms with Crippen molar-refractivity contribution in [1.29, 1.82) is 0 Å². The minimum absolute atomic E-state index is 0.205. The first-order valence-corrected chi connectivity index (χ1v) is 7.15. The van der Waals surface area contributed by atoms with E-state index in [9.17, 15) is 4.79 Å². The lowest BCUT2D eigenvalue weighted by molar-refractivity contribution is 0.0953. The third kappa shape index (κ3) is 2.11. The highest BCUT2D eigenvalue weighted by Crippen LogP contribution is 2.32. The topological polar surface area (TPSA) is 46.9 Å². The maximum atomic E-state index is 12.3. The van der Waals surface area contributed by atoms with E-state index in [-0.39, 0.29) is 5.78 Å². The van der Waals surface area contributed by atoms with Crippen molar-refractivity contribution in [3.05, 3.63) is 41.6 Å². The molecule has 1 aromatic heterocycles. The van der Waals surface area contributed by atoms with E-state index < -0.39 is 0 Å². The van der Waals surface area contributed by atoms with Crippen molar-refractivity contribution < 1.29 is 4.79 Å². The van der Waals surface area contributed by atoms with E-state index in [1.807, 2.05) is 41.9 Å². The van der Waals surface area contributed by atoms with Gasteiger partial charge in [0.05, 0.1) is 16.9 Å². The van der Waals surface area contributed by atoms with Gasteiger partial charge in [-0.15, -0.1) is 5.10 Å². The number of nitrogens with zero attached hydrogens (tertiary/aromatic N) is 2. The summed E-state index contributed by atoms with van der Waals surface area (Å²) in [5, 5.41) is 7.84. The molecule has 20 heavy (non-hydrogen) atoms. The molecule has 1 atom stereocenters. The molecule has 0 spiro atoms. The Hall–Kier alpha value is -2.10. The summed E-state index contributed by atoms with van der Waals surface area (Å²) in [7, 11) is 0. The lowest BCUT2D eigenvalue weighted by atomic mass is 9.88. The first kappa shape index (κ1) is 12.9. The minimum Gasteiger partial charge on any atom is -0.368 e. The highest BCUT2D eigenvalue weighted by molar-refractivity contribution is 6.02. The van der Waals surface area contributed by atoms with Gasteiger partial charge in [-0.25, -0.2) is 4.68 Å². The lowest BCUT2D eigenvalue weighted by Crippen LogP contribution is -2.20. The van der Waals surface area contributed by atoms with Gasteiger partial charge in [0.2, 0.25) is 0 Å². The van der Waals surface area contributed by atoms with Crippen molar-refractivity contribution >= 4 is 11.6 Å². The molecule has 4 nitrogen and oxygen atoms in total. The van der Waals surface area contributed by atoms with Gasteiger partial charge in [-0.2, -0.15) is 0 Å². The summed E-state index contributed by atoms with van der Waals surface area (Å²) in [6.07, 6.45) is 1.51. The van der Waals surface area contributed by atoms with Crippen LogP contribution in [0.2, 0.25) is 0 Å². The Kier molecular flexibility index (Phi) is 3.30. The van der Waals surface area contributed by atoms with Crippen LogP contribution in [0.4, 0.5) is 5.82 Å². The number of aromatic nitrogens is 2. The van der Waals surface area contributed by atoms with E-state index in [1.54, 1.807) is 0 Å². The molecule has 0 unspecified atom stereocenters. The number of Topliss-reactive ketones (excluding diaryl/α,β-unsaturated/α-hetero) is 1. The fourth-order valence-electron chi connectivity index (χ4n) is 2.83. The number of carbonyl (C=O) groups excluding carboxylic acids is 1. The smallest absolute Gasteiger partial charge is 0.168 e. The Morgan fingerprint density at radius 1 is 1.30 bits per heavy atom. The average molecular weight is 269 g/mol. The summed E-state index contributed by atoms with van der Waals surface area (Å²) in [6, 6.07) is 10.0. The van der Waals surface area contributed by atoms with Gasteiger partial charge in [0.15, 0.2) is 11.6 Å². The average Bonchev–Trinajstić information content (AvgIpc) is 2.79. The Morgan fingerprint density at radius 3 is 2.75 bits per heavy atom. The van der Waals surface area contributed by atoms with Crippen molar-refractivity contribution in [1.82, 2.24) is 9.78 Å². The highest BCUT2D eigenvalue weighted by Gasteiger charge is 2.30. The quantitative estimate of drug-likeness (QED) is 0.931. The van der Waals surface area contributed by atoms with Crippen LogP contribution in [0.15, 0.2) is 30.3 Å². The number of ketones is 1. The van der Waals surface area contributed by atoms with Crippen molar-refractivity contribution in [3.63, 3.8) is 0 Å². The van der Waals surface area contributed by atoms with Crippen molar-refractivity contribution in [3.8, 4) is 5.69 Å². The summed E-state index contributed by atoms with van der Waals surface area (Å²) < 4.78 is 1.92. The van der Waals surface area contributed by atoms with Crippen LogP contribution in [0.1, 0.15) is 36.3 Å². The zero-order valence-electron chi connectivity index (χ0n) is 11.9. The van der Waals surface area contributed by atoms with Crippen LogP contribution in [-0.4, -0.2) is 22.1 Å². The maximum Gasteiger partial charge on any atom is 0.168 e. The van der Waals surface area contributed by atoms with Gasteiger partial charge in [0.1, 0.15) is 0 Å². The Morgan fingerprint density at radius 2 is 2.05 bits per heavy atom. The van der Waals surface area contributed by atoms with E-state index >= 15 is 0 Å². The van der Waals surface area contributed by atoms with Crippen LogP contribution in [-0.2, 0) is 6.42 Å². The summed E-state index contributed by atoms with van der Waals surface area (Å²) in [6.45, 7) is 4.90. The molecule has 1 heterocycles. The fourth-order valence-corrected chi connectivity index (χ4v) is 2.83. The zero-order valence-corrected chi connectivity index (χ0v) is 11.9. The molecule has 104 valence electrons. The molecule has 0 radical (unpaired) electrons. The molecule has 0 aliphatic heterocycles. The van der Waals surface area contributed by atoms with Crippen LogP contribution >= 0.6 is 0 Å². The molecule has 0 amide bonds. The van der Waals surface area contributed by atoms with E-state index in [1.165, 1.54) is 0 Å². The molecule has 4 heteroatoms. The Balaban J connectivity index is 2.16. The normalized spacial score (nSPS) is 17.9. The van der Waals surface area contributed by atoms with Crippen LogP contribution in [0.5, 0.6) is 0 Å². The Bertz CT molecular complexity index is 631. The molecule has 0 bridgehead atoms. The van der Waals surface area contributed by atoms with Gasteiger partial charge in [-0.05, 0) is 31.4 Å². The molecule has 0 saturated carbocycles. The molecule has 1 N–H and O–H groups in total. The van der Waals surface area contributed by atoms with Gasteiger partial charge in [-0.1, -0.05) is 25.1 Å². The Labute approximate surface area is 118 Å². The maximum absolute atomic E-state index is 12.3. The monoisotopic (exact) mass is 269 g/mol. The van der Waals surface area contributed by atoms with Crippen LogP contribution in [0.3, 0.4) is 0 Å². The van der Waals surface area contributed by atoms with Gasteiger partial charge in [0, 0.05) is 13.0 Å². The van der Waals surface area contributed by atoms with E-state index in [0.717, 1.165) is 35.7 Å². The zero-order chi connectivity index (χ0) is 14.1. The highest BCUT2D eigenvalue weighted by atomic mass is 16.1. The number of carbonyl (C=O) groups is 1. The van der Waals surface area contributed by atoms with E-state index in [0.29, 0.717) is 12.3 Å². The summed E-state index contributed by atoms with van der Waals surface area (Å²) in [5.41, 5.74) is 2.83. The number of nitrogens with one attached hydrogen (secondary N) is 1. The van der Waals surface area contributed by atoms with E-state index in [2.05, 4.69) is 17.3 Å². The number of benzene rings is 1. The molecule has 0 fully saturated rings. The third-order valence-electron chi connectivity index (χ3n) is 3.68. The summed E-state index contributed by atoms with van der Waals surface area (Å²) in [5.74, 6) is 1.31. The van der Waals surface area contributed by atoms with Crippen molar-refractivity contribution in [2.45, 2.75) is 26.7 Å². The second-order valence-corrected chi connectivity index (χ2v) is 5.38. The van der Waals surface area contributed by atoms with Crippen LogP contribution in [0, 0.1) is 5.92 Å². The molecular weight excluding hydrogens is 250 g/mol. The van der Waals surface area contributed by atoms with Gasteiger partial charge in [0.25, 0.3) is 0 Å². The lowest BCUT2D eigenvalue weighted by Gasteiger charge is -2.19. The van der Waals surface area contributed by atoms with E-state index in [4.69, 9.17) is 0 Å². The van der Waals surface area contributed by atoms with Crippen molar-refractivity contribution in [2.24, 2.45) is 5.92 Å². The molecule has 0 saturated heterocycles. The SMILES string of the molecule is CCNc1nn(-c2ccccc2)c2c1C(=O)C[C@@H](C)C2. The molecule has 1 aromatic carbocycles. The first-order chi connectivity index (χ1) is 9.70.